The van der Waals surface area contributed by atoms with Gasteiger partial charge < -0.3 is 14.6 Å². The van der Waals surface area contributed by atoms with Crippen molar-refractivity contribution in [2.75, 3.05) is 13.2 Å². The maximum atomic E-state index is 13.3. The molecule has 1 aromatic carbocycles. The molecule has 1 aliphatic heterocycles. The van der Waals surface area contributed by atoms with Crippen LogP contribution in [0.5, 0.6) is 0 Å². The Balaban J connectivity index is 1.20. The molecular formula is C37H56O4. The Morgan fingerprint density at radius 1 is 0.951 bits per heavy atom. The Morgan fingerprint density at radius 2 is 1.68 bits per heavy atom. The van der Waals surface area contributed by atoms with Crippen LogP contribution in [0.4, 0.5) is 0 Å². The molecule has 0 aromatic heterocycles. The molecule has 4 nitrogen and oxygen atoms in total. The molecule has 0 amide bonds. The fourth-order valence-corrected chi connectivity index (χ4v) is 11.3. The van der Waals surface area contributed by atoms with Gasteiger partial charge >= 0.3 is 5.97 Å². The van der Waals surface area contributed by atoms with Gasteiger partial charge in [-0.15, -0.1) is 0 Å². The minimum absolute atomic E-state index is 0.0394. The summed E-state index contributed by atoms with van der Waals surface area (Å²) in [5.41, 5.74) is 0.965. The lowest BCUT2D eigenvalue weighted by Crippen LogP contribution is -2.56. The van der Waals surface area contributed by atoms with Crippen LogP contribution in [-0.4, -0.2) is 36.0 Å². The first-order valence-electron chi connectivity index (χ1n) is 17.2. The van der Waals surface area contributed by atoms with Gasteiger partial charge in [-0.1, -0.05) is 45.9 Å². The average molecular weight is 565 g/mol. The first kappa shape index (κ1) is 29.7. The van der Waals surface area contributed by atoms with Crippen molar-refractivity contribution in [2.24, 2.45) is 52.3 Å². The van der Waals surface area contributed by atoms with Crippen LogP contribution in [0.1, 0.15) is 122 Å². The molecule has 228 valence electrons. The largest absolute Gasteiger partial charge is 0.458 e. The van der Waals surface area contributed by atoms with Gasteiger partial charge in [-0.05, 0) is 148 Å². The van der Waals surface area contributed by atoms with Gasteiger partial charge in [-0.25, -0.2) is 4.79 Å². The van der Waals surface area contributed by atoms with Crippen molar-refractivity contribution in [3.8, 4) is 0 Å². The van der Waals surface area contributed by atoms with E-state index in [1.165, 1.54) is 44.9 Å². The van der Waals surface area contributed by atoms with Crippen LogP contribution in [0.3, 0.4) is 0 Å². The van der Waals surface area contributed by atoms with Crippen LogP contribution in [0, 0.1) is 52.3 Å². The van der Waals surface area contributed by atoms with Crippen molar-refractivity contribution in [1.82, 2.24) is 0 Å². The standard InChI is InChI=1S/C37H56O4/c1-5-37(39)20-19-35(3)28(24-37)11-12-29-31-14-13-30(36(31,4)18-15-32(29)35)25(2)33(23-26-16-21-40-22-17-26)41-34(38)27-9-7-6-8-10-27/h6-10,25-26,28-33,39H,5,11-24H2,1-4H3/t25-,28-,29-,30+,31-,32-,33?,35-,36+,37-/m0/s1. The number of rotatable bonds is 7. The fourth-order valence-electron chi connectivity index (χ4n) is 11.3. The van der Waals surface area contributed by atoms with Crippen LogP contribution >= 0.6 is 0 Å². The summed E-state index contributed by atoms with van der Waals surface area (Å²) in [6.07, 6.45) is 15.1. The Bertz CT molecular complexity index is 1050. The molecule has 0 radical (unpaired) electrons. The highest BCUT2D eigenvalue weighted by atomic mass is 16.5. The number of benzene rings is 1. The van der Waals surface area contributed by atoms with Gasteiger partial charge in [0.1, 0.15) is 6.10 Å². The Hall–Kier alpha value is -1.39. The third-order valence-corrected chi connectivity index (χ3v) is 13.9. The monoisotopic (exact) mass is 564 g/mol. The van der Waals surface area contributed by atoms with Crippen molar-refractivity contribution in [3.63, 3.8) is 0 Å². The first-order valence-corrected chi connectivity index (χ1v) is 17.2. The van der Waals surface area contributed by atoms with Crippen molar-refractivity contribution >= 4 is 5.97 Å². The van der Waals surface area contributed by atoms with Crippen molar-refractivity contribution in [3.05, 3.63) is 35.9 Å². The third-order valence-electron chi connectivity index (χ3n) is 13.9. The molecule has 1 N–H and O–H groups in total. The summed E-state index contributed by atoms with van der Waals surface area (Å²) in [6, 6.07) is 9.59. The van der Waals surface area contributed by atoms with Crippen molar-refractivity contribution < 1.29 is 19.4 Å². The molecule has 1 aromatic rings. The van der Waals surface area contributed by atoms with Crippen LogP contribution in [0.2, 0.25) is 0 Å². The molecule has 41 heavy (non-hydrogen) atoms. The van der Waals surface area contributed by atoms with E-state index < -0.39 is 5.60 Å². The lowest BCUT2D eigenvalue weighted by molar-refractivity contribution is -0.154. The summed E-state index contributed by atoms with van der Waals surface area (Å²) in [5.74, 6) is 4.47. The summed E-state index contributed by atoms with van der Waals surface area (Å²) >= 11 is 0. The number of aliphatic hydroxyl groups is 1. The van der Waals surface area contributed by atoms with Crippen LogP contribution in [-0.2, 0) is 9.47 Å². The Kier molecular flexibility index (Phi) is 8.40. The summed E-state index contributed by atoms with van der Waals surface area (Å²) in [6.45, 7) is 11.5. The highest BCUT2D eigenvalue weighted by Gasteiger charge is 2.62. The van der Waals surface area contributed by atoms with Gasteiger partial charge in [0.05, 0.1) is 11.2 Å². The molecule has 6 rings (SSSR count). The molecule has 5 aliphatic rings. The second-order valence-electron chi connectivity index (χ2n) is 15.6. The molecule has 0 bridgehead atoms. The number of hydrogen-bond donors (Lipinski definition) is 1. The zero-order valence-corrected chi connectivity index (χ0v) is 26.3. The molecule has 4 saturated carbocycles. The number of carbonyl (C=O) groups excluding carboxylic acids is 1. The van der Waals surface area contributed by atoms with E-state index in [1.54, 1.807) is 0 Å². The summed E-state index contributed by atoms with van der Waals surface area (Å²) in [4.78, 5) is 13.3. The lowest BCUT2D eigenvalue weighted by atomic mass is 9.43. The summed E-state index contributed by atoms with van der Waals surface area (Å²) in [5, 5.41) is 11.2. The van der Waals surface area contributed by atoms with Gasteiger partial charge in [0.25, 0.3) is 0 Å². The second kappa shape index (κ2) is 11.6. The van der Waals surface area contributed by atoms with E-state index in [4.69, 9.17) is 9.47 Å². The zero-order chi connectivity index (χ0) is 28.8. The predicted molar refractivity (Wildman–Crippen MR) is 163 cm³/mol. The van der Waals surface area contributed by atoms with Gasteiger partial charge in [-0.2, -0.15) is 0 Å². The Morgan fingerprint density at radius 3 is 2.41 bits per heavy atom. The zero-order valence-electron chi connectivity index (χ0n) is 26.3. The number of esters is 1. The lowest BCUT2D eigenvalue weighted by Gasteiger charge is -2.62. The van der Waals surface area contributed by atoms with E-state index >= 15 is 0 Å². The van der Waals surface area contributed by atoms with Gasteiger partial charge in [0.15, 0.2) is 0 Å². The maximum Gasteiger partial charge on any atom is 0.338 e. The third kappa shape index (κ3) is 5.43. The Labute approximate surface area is 249 Å². The number of carbonyl (C=O) groups is 1. The van der Waals surface area contributed by atoms with Crippen molar-refractivity contribution in [1.29, 1.82) is 0 Å². The SMILES string of the molecule is CC[C@]1(O)CC[C@@]2(C)[C@@H](CC[C@@H]3[C@@H]2CC[C@]2(C)[C@@H]([C@H](C)C(CC4CCOCC4)OC(=O)c4ccccc4)CC[C@@H]32)C1. The molecule has 1 saturated heterocycles. The molecule has 1 unspecified atom stereocenters. The highest BCUT2D eigenvalue weighted by Crippen LogP contribution is 2.69. The van der Waals surface area contributed by atoms with E-state index in [0.29, 0.717) is 40.1 Å². The molecule has 4 aliphatic carbocycles. The normalized spacial score (nSPS) is 42.4. The van der Waals surface area contributed by atoms with Crippen LogP contribution in [0.25, 0.3) is 0 Å². The smallest absolute Gasteiger partial charge is 0.338 e. The molecule has 4 heteroatoms. The topological polar surface area (TPSA) is 55.8 Å². The number of fused-ring (bicyclic) bond motifs is 5. The molecule has 5 fully saturated rings. The molecular weight excluding hydrogens is 508 g/mol. The highest BCUT2D eigenvalue weighted by molar-refractivity contribution is 5.89. The quantitative estimate of drug-likeness (QED) is 0.338. The van der Waals surface area contributed by atoms with E-state index in [1.807, 2.05) is 30.3 Å². The summed E-state index contributed by atoms with van der Waals surface area (Å²) < 4.78 is 12.1. The van der Waals surface area contributed by atoms with Gasteiger partial charge in [0, 0.05) is 13.2 Å². The minimum atomic E-state index is -0.426. The first-order chi connectivity index (χ1) is 19.7. The van der Waals surface area contributed by atoms with Gasteiger partial charge in [-0.3, -0.25) is 0 Å². The minimum Gasteiger partial charge on any atom is -0.458 e. The van der Waals surface area contributed by atoms with Crippen molar-refractivity contribution in [2.45, 2.75) is 123 Å². The summed E-state index contributed by atoms with van der Waals surface area (Å²) in [7, 11) is 0. The van der Waals surface area contributed by atoms with E-state index in [0.717, 1.165) is 69.5 Å². The maximum absolute atomic E-state index is 13.3. The second-order valence-corrected chi connectivity index (χ2v) is 15.6. The van der Waals surface area contributed by atoms with E-state index in [2.05, 4.69) is 27.7 Å². The average Bonchev–Trinajstić information content (AvgIpc) is 3.35. The molecule has 0 spiro atoms. The van der Waals surface area contributed by atoms with E-state index in [-0.39, 0.29) is 12.1 Å². The van der Waals surface area contributed by atoms with Crippen LogP contribution < -0.4 is 0 Å². The van der Waals surface area contributed by atoms with Crippen LogP contribution in [0.15, 0.2) is 30.3 Å². The predicted octanol–water partition coefficient (Wildman–Crippen LogP) is 8.46. The molecule has 1 heterocycles. The van der Waals surface area contributed by atoms with E-state index in [9.17, 15) is 9.90 Å². The number of hydrogen-bond acceptors (Lipinski definition) is 4. The fraction of sp³-hybridized carbons (Fsp3) is 0.811. The molecule has 10 atom stereocenters. The number of ether oxygens (including phenoxy) is 2. The van der Waals surface area contributed by atoms with Gasteiger partial charge in [0.2, 0.25) is 0 Å².